The van der Waals surface area contributed by atoms with Gasteiger partial charge in [0.05, 0.1) is 49.6 Å². The van der Waals surface area contributed by atoms with Gasteiger partial charge in [-0.05, 0) is 79.0 Å². The number of ketones is 1. The van der Waals surface area contributed by atoms with Crippen LogP contribution in [0.2, 0.25) is 0 Å². The van der Waals surface area contributed by atoms with E-state index >= 15 is 0 Å². The molecular formula is C49H85N3O15. The molecule has 3 aliphatic rings. The fourth-order valence-corrected chi connectivity index (χ4v) is 9.43. The van der Waals surface area contributed by atoms with Crippen LogP contribution in [-0.4, -0.2) is 188 Å². The van der Waals surface area contributed by atoms with Crippen LogP contribution in [0.15, 0.2) is 23.8 Å². The van der Waals surface area contributed by atoms with Crippen molar-refractivity contribution < 1.29 is 72.8 Å². The molecule has 386 valence electrons. The van der Waals surface area contributed by atoms with E-state index in [0.717, 1.165) is 6.42 Å². The molecule has 0 spiro atoms. The second-order valence-electron chi connectivity index (χ2n) is 19.1. The summed E-state index contributed by atoms with van der Waals surface area (Å²) in [5, 5.41) is 48.6. The van der Waals surface area contributed by atoms with Gasteiger partial charge in [-0.15, -0.1) is 0 Å². The van der Waals surface area contributed by atoms with Crippen LogP contribution in [0.25, 0.3) is 0 Å². The number of hydrogen-bond donors (Lipinski definition) is 5. The van der Waals surface area contributed by atoms with Crippen molar-refractivity contribution in [1.82, 2.24) is 15.1 Å². The summed E-state index contributed by atoms with van der Waals surface area (Å²) >= 11 is 0. The molecule has 5 N–H and O–H groups in total. The van der Waals surface area contributed by atoms with E-state index < -0.39 is 122 Å². The molecule has 18 nitrogen and oxygen atoms in total. The Morgan fingerprint density at radius 3 is 2.10 bits per heavy atom. The third-order valence-electron chi connectivity index (χ3n) is 13.7. The minimum atomic E-state index is -1.41. The van der Waals surface area contributed by atoms with Crippen LogP contribution in [0.4, 0.5) is 0 Å². The van der Waals surface area contributed by atoms with Gasteiger partial charge in [-0.25, -0.2) is 0 Å². The van der Waals surface area contributed by atoms with E-state index in [2.05, 4.69) is 5.32 Å². The number of carbonyl (C=O) groups excluding carboxylic acids is 4. The topological polar surface area (TPSA) is 232 Å². The predicted molar refractivity (Wildman–Crippen MR) is 249 cm³/mol. The summed E-state index contributed by atoms with van der Waals surface area (Å²) in [5.41, 5.74) is 0.670. The number of cyclic esters (lactones) is 1. The molecule has 3 heterocycles. The van der Waals surface area contributed by atoms with E-state index in [1.807, 2.05) is 33.8 Å². The van der Waals surface area contributed by atoms with Gasteiger partial charge in [-0.3, -0.25) is 19.2 Å². The highest BCUT2D eigenvalue weighted by atomic mass is 16.7. The molecule has 0 aliphatic carbocycles. The Labute approximate surface area is 399 Å². The van der Waals surface area contributed by atoms with Crippen molar-refractivity contribution >= 4 is 23.6 Å². The summed E-state index contributed by atoms with van der Waals surface area (Å²) in [6.45, 7) is 14.7. The summed E-state index contributed by atoms with van der Waals surface area (Å²) in [5.74, 6) is -4.50. The molecule has 0 aromatic carbocycles. The number of aliphatic hydroxyl groups excluding tert-OH is 4. The molecule has 0 aromatic rings. The predicted octanol–water partition coefficient (Wildman–Crippen LogP) is 2.91. The largest absolute Gasteiger partial charge is 0.462 e. The van der Waals surface area contributed by atoms with Crippen molar-refractivity contribution in [3.8, 4) is 0 Å². The number of esters is 1. The van der Waals surface area contributed by atoms with E-state index in [-0.39, 0.29) is 43.5 Å². The van der Waals surface area contributed by atoms with Gasteiger partial charge >= 0.3 is 5.97 Å². The van der Waals surface area contributed by atoms with Gasteiger partial charge in [0, 0.05) is 52.0 Å². The maximum atomic E-state index is 14.2. The lowest BCUT2D eigenvalue weighted by molar-refractivity contribution is -0.304. The summed E-state index contributed by atoms with van der Waals surface area (Å²) in [4.78, 5) is 58.9. The van der Waals surface area contributed by atoms with Crippen molar-refractivity contribution in [2.24, 2.45) is 23.7 Å². The van der Waals surface area contributed by atoms with Crippen LogP contribution < -0.4 is 5.32 Å². The Morgan fingerprint density at radius 1 is 0.866 bits per heavy atom. The van der Waals surface area contributed by atoms with Gasteiger partial charge in [-0.2, -0.15) is 0 Å². The standard InChI is InChI=1S/C49H85N3O15/c1-14-17-21-50-47(60)34(52(11)38(55)18-15-2)24-32-23-28(5)35(53)20-19-27(4)22-33(26-63-49-46(62-13)45(61-12)42(58)31(8)65-49)37(16-3)66-39(56)25-36(54)29(6)44(32)67-48-43(59)40(51(9)10)41(57)30(7)64-48/h19-20,22,28-34,36-37,40-46,48-49,54,57-59H,14-18,21,23-26H2,1-13H3,(H,50,60)/b20-19+,27-22+/t28-,29+,30-,31+,32-,33-,34?,36-,37-,40+,41-,42+,43-,44-,45+,46+,48+,49+/m1/s1. The number of rotatable bonds is 18. The number of unbranched alkanes of at least 4 members (excludes halogenated alkanes) is 1. The fourth-order valence-electron chi connectivity index (χ4n) is 9.43. The van der Waals surface area contributed by atoms with Crippen LogP contribution in [0.3, 0.4) is 0 Å². The fraction of sp³-hybridized carbons (Fsp3) is 0.837. The van der Waals surface area contributed by atoms with Crippen LogP contribution in [0, 0.1) is 23.7 Å². The summed E-state index contributed by atoms with van der Waals surface area (Å²) in [6.07, 6.45) is -4.68. The number of ether oxygens (including phenoxy) is 7. The maximum Gasteiger partial charge on any atom is 0.308 e. The van der Waals surface area contributed by atoms with Crippen molar-refractivity contribution in [2.45, 2.75) is 192 Å². The molecule has 18 heteroatoms. The maximum absolute atomic E-state index is 14.2. The van der Waals surface area contributed by atoms with Crippen molar-refractivity contribution in [3.05, 3.63) is 23.8 Å². The highest BCUT2D eigenvalue weighted by Crippen LogP contribution is 2.36. The number of allylic oxidation sites excluding steroid dienone is 3. The number of methoxy groups -OCH3 is 2. The second kappa shape index (κ2) is 28.1. The lowest BCUT2D eigenvalue weighted by Crippen LogP contribution is -2.63. The second-order valence-corrected chi connectivity index (χ2v) is 19.1. The average molecular weight is 956 g/mol. The molecular weight excluding hydrogens is 871 g/mol. The van der Waals surface area contributed by atoms with Crippen LogP contribution in [0.1, 0.15) is 107 Å². The highest BCUT2D eigenvalue weighted by molar-refractivity contribution is 5.92. The van der Waals surface area contributed by atoms with E-state index in [1.54, 1.807) is 59.8 Å². The molecule has 2 amide bonds. The minimum Gasteiger partial charge on any atom is -0.462 e. The zero-order valence-corrected chi connectivity index (χ0v) is 42.4. The molecule has 0 aromatic heterocycles. The molecule has 0 bridgehead atoms. The van der Waals surface area contributed by atoms with Gasteiger partial charge in [0.15, 0.2) is 18.4 Å². The highest BCUT2D eigenvalue weighted by Gasteiger charge is 2.49. The smallest absolute Gasteiger partial charge is 0.308 e. The monoisotopic (exact) mass is 956 g/mol. The Morgan fingerprint density at radius 2 is 1.51 bits per heavy atom. The first-order valence-corrected chi connectivity index (χ1v) is 24.3. The molecule has 3 rings (SSSR count). The normalized spacial score (nSPS) is 37.8. The summed E-state index contributed by atoms with van der Waals surface area (Å²) in [7, 11) is 7.93. The van der Waals surface area contributed by atoms with E-state index in [9.17, 15) is 39.6 Å². The Bertz CT molecular complexity index is 1610. The third kappa shape index (κ3) is 16.1. The molecule has 67 heavy (non-hydrogen) atoms. The zero-order valence-electron chi connectivity index (χ0n) is 42.4. The minimum absolute atomic E-state index is 0.00839. The quantitative estimate of drug-likeness (QED) is 0.0982. The van der Waals surface area contributed by atoms with Crippen molar-refractivity contribution in [1.29, 1.82) is 0 Å². The SMILES string of the molecule is CCCCNC(=O)C(C[C@H]1C[C@@H](C)C(=O)/C=C/C(C)=C/[C@H](CO[C@H]2O[C@@H](C)[C@H](O)[C@H](OC)[C@@H]2OC)[C@@H](CC)OC(=O)C[C@@H](O)[C@H](C)[C@H]1O[C@@H]1O[C@H](C)[C@@H](O)[C@H](N(C)C)[C@H]1O)N(C)C(=O)CCC. The van der Waals surface area contributed by atoms with Crippen LogP contribution in [0.5, 0.6) is 0 Å². The molecule has 0 saturated carbocycles. The number of amides is 2. The van der Waals surface area contributed by atoms with E-state index in [1.165, 1.54) is 25.2 Å². The Hall–Kier alpha value is -2.88. The number of likely N-dealkylation sites (N-methyl/N-ethyl adjacent to an activating group) is 2. The van der Waals surface area contributed by atoms with Crippen LogP contribution >= 0.6 is 0 Å². The number of hydrogen-bond acceptors (Lipinski definition) is 16. The Balaban J connectivity index is 2.16. The van der Waals surface area contributed by atoms with Crippen molar-refractivity contribution in [3.63, 3.8) is 0 Å². The van der Waals surface area contributed by atoms with Gasteiger partial charge in [-0.1, -0.05) is 58.8 Å². The Kier molecular flexibility index (Phi) is 24.5. The van der Waals surface area contributed by atoms with Gasteiger partial charge in [0.1, 0.15) is 36.6 Å². The average Bonchev–Trinajstić information content (AvgIpc) is 3.28. The molecule has 18 atom stereocenters. The first-order chi connectivity index (χ1) is 31.6. The van der Waals surface area contributed by atoms with Gasteiger partial charge in [0.25, 0.3) is 0 Å². The number of nitrogens with one attached hydrogen (secondary N) is 1. The number of carbonyl (C=O) groups is 4. The van der Waals surface area contributed by atoms with Crippen molar-refractivity contribution in [2.75, 3.05) is 48.5 Å². The number of nitrogens with zero attached hydrogens (tertiary/aromatic N) is 2. The molecule has 1 unspecified atom stereocenters. The lowest BCUT2D eigenvalue weighted by atomic mass is 9.77. The molecule has 3 aliphatic heterocycles. The summed E-state index contributed by atoms with van der Waals surface area (Å²) < 4.78 is 42.5. The number of aliphatic hydroxyl groups is 4. The first kappa shape index (κ1) is 58.4. The lowest BCUT2D eigenvalue weighted by Gasteiger charge is -2.47. The third-order valence-corrected chi connectivity index (χ3v) is 13.7. The van der Waals surface area contributed by atoms with Crippen LogP contribution in [-0.2, 0) is 52.3 Å². The first-order valence-electron chi connectivity index (χ1n) is 24.3. The zero-order chi connectivity index (χ0) is 50.3. The van der Waals surface area contributed by atoms with Gasteiger partial charge < -0.3 is 68.7 Å². The molecule has 2 fully saturated rings. The molecule has 0 radical (unpaired) electrons. The van der Waals surface area contributed by atoms with Gasteiger partial charge in [0.2, 0.25) is 11.8 Å². The van der Waals surface area contributed by atoms with E-state index in [0.29, 0.717) is 31.4 Å². The molecule has 2 saturated heterocycles. The summed E-state index contributed by atoms with van der Waals surface area (Å²) in [6, 6.07) is -1.83. The van der Waals surface area contributed by atoms with E-state index in [4.69, 9.17) is 33.2 Å².